The maximum atomic E-state index is 13.3. The third-order valence-corrected chi connectivity index (χ3v) is 7.04. The van der Waals surface area contributed by atoms with E-state index in [4.69, 9.17) is 10.4 Å². The minimum atomic E-state index is -4.47. The second-order valence-corrected chi connectivity index (χ2v) is 10.3. The van der Waals surface area contributed by atoms with Gasteiger partial charge in [-0.25, -0.2) is 0 Å². The van der Waals surface area contributed by atoms with Crippen LogP contribution in [0.1, 0.15) is 44.2 Å². The highest BCUT2D eigenvalue weighted by Gasteiger charge is 2.33. The Balaban J connectivity index is 1.68. The van der Waals surface area contributed by atoms with E-state index in [1.165, 1.54) is 6.07 Å². The van der Waals surface area contributed by atoms with Crippen molar-refractivity contribution >= 4 is 29.5 Å². The molecule has 0 radical (unpaired) electrons. The lowest BCUT2D eigenvalue weighted by atomic mass is 9.83. The fourth-order valence-corrected chi connectivity index (χ4v) is 4.93. The van der Waals surface area contributed by atoms with Gasteiger partial charge in [0.2, 0.25) is 5.95 Å². The highest BCUT2D eigenvalue weighted by molar-refractivity contribution is 5.92. The van der Waals surface area contributed by atoms with E-state index >= 15 is 0 Å². The third kappa shape index (κ3) is 6.07. The molecule has 2 aliphatic heterocycles. The number of aromatic nitrogens is 2. The minimum Gasteiger partial charge on any atom is -0.390 e. The van der Waals surface area contributed by atoms with Gasteiger partial charge >= 0.3 is 6.18 Å². The molecule has 0 amide bonds. The molecule has 2 fully saturated rings. The number of alkyl halides is 3. The number of nitrogens with zero attached hydrogens (tertiary/aromatic N) is 4. The fourth-order valence-electron chi connectivity index (χ4n) is 4.93. The van der Waals surface area contributed by atoms with Crippen LogP contribution in [-0.4, -0.2) is 71.1 Å². The van der Waals surface area contributed by atoms with Crippen molar-refractivity contribution in [3.63, 3.8) is 0 Å². The number of aliphatic hydroxyl groups is 1. The van der Waals surface area contributed by atoms with Crippen LogP contribution >= 0.6 is 0 Å². The van der Waals surface area contributed by atoms with Crippen molar-refractivity contribution in [3.8, 4) is 0 Å². The predicted molar refractivity (Wildman–Crippen MR) is 135 cm³/mol. The van der Waals surface area contributed by atoms with Crippen molar-refractivity contribution in [2.45, 2.75) is 50.9 Å². The molecule has 0 bridgehead atoms. The SMILES string of the molecule is CN1CCC(Nc2nc(Nc3cccc(C(F)(F)F)c3)c(C=N)c(N3CCC(C(C)(C)O)CC3)n2)C1. The minimum absolute atomic E-state index is 0.147. The maximum Gasteiger partial charge on any atom is 0.416 e. The van der Waals surface area contributed by atoms with Crippen LogP contribution in [-0.2, 0) is 6.18 Å². The summed E-state index contributed by atoms with van der Waals surface area (Å²) in [5, 5.41) is 24.9. The number of hydrogen-bond acceptors (Lipinski definition) is 8. The van der Waals surface area contributed by atoms with Crippen molar-refractivity contribution in [1.82, 2.24) is 14.9 Å². The zero-order valence-corrected chi connectivity index (χ0v) is 20.9. The Bertz CT molecular complexity index is 1080. The number of likely N-dealkylation sites (N-methyl/N-ethyl adjacent to an activating group) is 1. The predicted octanol–water partition coefficient (Wildman–Crippen LogP) is 4.34. The molecule has 0 spiro atoms. The number of rotatable bonds is 7. The molecule has 0 aliphatic carbocycles. The number of halogens is 3. The van der Waals surface area contributed by atoms with Gasteiger partial charge in [-0.3, -0.25) is 0 Å². The number of anilines is 4. The first kappa shape index (κ1) is 26.2. The second kappa shape index (κ2) is 10.2. The van der Waals surface area contributed by atoms with E-state index in [1.807, 2.05) is 20.9 Å². The molecule has 8 nitrogen and oxygen atoms in total. The van der Waals surface area contributed by atoms with Crippen LogP contribution in [0.25, 0.3) is 0 Å². The molecule has 4 N–H and O–H groups in total. The topological polar surface area (TPSA) is 100 Å². The summed E-state index contributed by atoms with van der Waals surface area (Å²) in [5.41, 5.74) is -0.910. The summed E-state index contributed by atoms with van der Waals surface area (Å²) in [6.07, 6.45) is -0.880. The van der Waals surface area contributed by atoms with E-state index in [1.54, 1.807) is 6.07 Å². The van der Waals surface area contributed by atoms with Crippen molar-refractivity contribution < 1.29 is 18.3 Å². The third-order valence-electron chi connectivity index (χ3n) is 7.04. The summed E-state index contributed by atoms with van der Waals surface area (Å²) in [6, 6.07) is 5.08. The first-order valence-electron chi connectivity index (χ1n) is 12.2. The molecule has 1 unspecified atom stereocenters. The van der Waals surface area contributed by atoms with Gasteiger partial charge in [0.25, 0.3) is 0 Å². The molecule has 3 heterocycles. The van der Waals surface area contributed by atoms with E-state index in [2.05, 4.69) is 25.4 Å². The molecule has 196 valence electrons. The first-order valence-corrected chi connectivity index (χ1v) is 12.2. The van der Waals surface area contributed by atoms with Gasteiger partial charge in [-0.1, -0.05) is 6.07 Å². The largest absolute Gasteiger partial charge is 0.416 e. The summed E-state index contributed by atoms with van der Waals surface area (Å²) in [4.78, 5) is 13.6. The van der Waals surface area contributed by atoms with E-state index in [0.717, 1.165) is 50.7 Å². The smallest absolute Gasteiger partial charge is 0.390 e. The quantitative estimate of drug-likeness (QED) is 0.416. The van der Waals surface area contributed by atoms with E-state index in [9.17, 15) is 18.3 Å². The van der Waals surface area contributed by atoms with Gasteiger partial charge in [0, 0.05) is 37.6 Å². The number of likely N-dealkylation sites (tertiary alicyclic amines) is 1. The Labute approximate surface area is 209 Å². The zero-order valence-electron chi connectivity index (χ0n) is 20.9. The van der Waals surface area contributed by atoms with Crippen LogP contribution in [0.15, 0.2) is 24.3 Å². The number of benzene rings is 1. The lowest BCUT2D eigenvalue weighted by Crippen LogP contribution is -2.42. The highest BCUT2D eigenvalue weighted by atomic mass is 19.4. The lowest BCUT2D eigenvalue weighted by Gasteiger charge is -2.38. The van der Waals surface area contributed by atoms with Gasteiger partial charge in [-0.05, 0) is 70.8 Å². The summed E-state index contributed by atoms with van der Waals surface area (Å²) in [6.45, 7) is 6.70. The van der Waals surface area contributed by atoms with Crippen molar-refractivity contribution in [2.75, 3.05) is 48.8 Å². The summed E-state index contributed by atoms with van der Waals surface area (Å²) >= 11 is 0. The molecule has 2 aliphatic rings. The molecule has 4 rings (SSSR count). The molecule has 0 saturated carbocycles. The van der Waals surface area contributed by atoms with Crippen LogP contribution in [0.4, 0.5) is 36.4 Å². The highest BCUT2D eigenvalue weighted by Crippen LogP contribution is 2.35. The maximum absolute atomic E-state index is 13.3. The average Bonchev–Trinajstić information content (AvgIpc) is 3.22. The Morgan fingerprint density at radius 2 is 1.83 bits per heavy atom. The molecule has 1 aromatic carbocycles. The summed E-state index contributed by atoms with van der Waals surface area (Å²) in [7, 11) is 2.04. The van der Waals surface area contributed by atoms with Crippen LogP contribution in [0.3, 0.4) is 0 Å². The lowest BCUT2D eigenvalue weighted by molar-refractivity contribution is -0.137. The van der Waals surface area contributed by atoms with Crippen molar-refractivity contribution in [2.24, 2.45) is 5.92 Å². The number of nitrogens with one attached hydrogen (secondary N) is 3. The van der Waals surface area contributed by atoms with Crippen LogP contribution in [0.5, 0.6) is 0 Å². The van der Waals surface area contributed by atoms with Gasteiger partial charge in [-0.2, -0.15) is 23.1 Å². The van der Waals surface area contributed by atoms with E-state index in [0.29, 0.717) is 30.4 Å². The van der Waals surface area contributed by atoms with E-state index < -0.39 is 17.3 Å². The van der Waals surface area contributed by atoms with Crippen LogP contribution in [0, 0.1) is 11.3 Å². The zero-order chi connectivity index (χ0) is 26.1. The molecule has 36 heavy (non-hydrogen) atoms. The van der Waals surface area contributed by atoms with Gasteiger partial charge in [-0.15, -0.1) is 0 Å². The Hall–Kier alpha value is -2.92. The molecule has 2 aromatic rings. The summed E-state index contributed by atoms with van der Waals surface area (Å²) in [5.74, 6) is 1.34. The van der Waals surface area contributed by atoms with Crippen molar-refractivity contribution in [1.29, 1.82) is 5.41 Å². The Morgan fingerprint density at radius 3 is 2.42 bits per heavy atom. The fraction of sp³-hybridized carbons (Fsp3) is 0.560. The van der Waals surface area contributed by atoms with Gasteiger partial charge < -0.3 is 30.9 Å². The van der Waals surface area contributed by atoms with Crippen LogP contribution < -0.4 is 15.5 Å². The Kier molecular flexibility index (Phi) is 7.42. The van der Waals surface area contributed by atoms with Gasteiger partial charge in [0.1, 0.15) is 11.6 Å². The molecule has 1 atom stereocenters. The Morgan fingerprint density at radius 1 is 1.11 bits per heavy atom. The molecule has 2 saturated heterocycles. The van der Waals surface area contributed by atoms with Gasteiger partial charge in [0.15, 0.2) is 0 Å². The van der Waals surface area contributed by atoms with Crippen molar-refractivity contribution in [3.05, 3.63) is 35.4 Å². The molecule has 1 aromatic heterocycles. The normalized spacial score (nSPS) is 20.0. The monoisotopic (exact) mass is 505 g/mol. The average molecular weight is 506 g/mol. The van der Waals surface area contributed by atoms with E-state index in [-0.39, 0.29) is 23.5 Å². The summed E-state index contributed by atoms with van der Waals surface area (Å²) < 4.78 is 39.8. The molecular weight excluding hydrogens is 471 g/mol. The second-order valence-electron chi connectivity index (χ2n) is 10.3. The molecular formula is C25H34F3N7O. The van der Waals surface area contributed by atoms with Crippen LogP contribution in [0.2, 0.25) is 0 Å². The first-order chi connectivity index (χ1) is 16.9. The number of piperidine rings is 1. The molecule has 11 heteroatoms. The van der Waals surface area contributed by atoms with Gasteiger partial charge in [0.05, 0.1) is 16.7 Å². The number of hydrogen-bond donors (Lipinski definition) is 4. The standard InChI is InChI=1S/C25H34F3N7O/c1-24(2,36)16-7-11-35(12-8-16)22-20(14-29)21(30-18-6-4-5-17(13-18)25(26,27)28)32-23(33-22)31-19-9-10-34(3)15-19/h4-6,13-14,16,19,29,36H,7-12,15H2,1-3H3,(H2,30,31,32,33).